The van der Waals surface area contributed by atoms with Gasteiger partial charge in [0.25, 0.3) is 0 Å². The topological polar surface area (TPSA) is 98.0 Å². The zero-order chi connectivity index (χ0) is 21.1. The molecule has 29 heavy (non-hydrogen) atoms. The Bertz CT molecular complexity index is 637. The summed E-state index contributed by atoms with van der Waals surface area (Å²) >= 11 is 0. The minimum absolute atomic E-state index is 0.151. The Hall–Kier alpha value is -0.650. The Labute approximate surface area is 174 Å². The van der Waals surface area contributed by atoms with Gasteiger partial charge in [0.2, 0.25) is 0 Å². The van der Waals surface area contributed by atoms with Crippen LogP contribution in [0.2, 0.25) is 0 Å². The summed E-state index contributed by atoms with van der Waals surface area (Å²) in [5.74, 6) is 1.55. The summed E-state index contributed by atoms with van der Waals surface area (Å²) in [5.41, 5.74) is -0.362. The highest BCUT2D eigenvalue weighted by molar-refractivity contribution is 5.66. The van der Waals surface area contributed by atoms with Crippen LogP contribution in [0.3, 0.4) is 0 Å². The third-order valence-electron chi connectivity index (χ3n) is 10.4. The van der Waals surface area contributed by atoms with Crippen molar-refractivity contribution in [1.29, 1.82) is 0 Å². The lowest BCUT2D eigenvalue weighted by molar-refractivity contribution is -0.207. The zero-order valence-electron chi connectivity index (χ0n) is 18.3. The van der Waals surface area contributed by atoms with Crippen LogP contribution in [0.15, 0.2) is 0 Å². The molecule has 166 valence electrons. The maximum Gasteiger partial charge on any atom is 0.303 e. The number of hydrogen-bond donors (Lipinski definition) is 4. The number of carboxylic acids is 1. The maximum atomic E-state index is 11.5. The lowest BCUT2D eigenvalue weighted by Gasteiger charge is -2.63. The first-order valence-electron chi connectivity index (χ1n) is 11.9. The molecular weight excluding hydrogens is 368 g/mol. The van der Waals surface area contributed by atoms with Crippen molar-refractivity contribution in [2.75, 3.05) is 0 Å². The van der Waals surface area contributed by atoms with Gasteiger partial charge in [-0.05, 0) is 97.7 Å². The van der Waals surface area contributed by atoms with E-state index >= 15 is 0 Å². The highest BCUT2D eigenvalue weighted by atomic mass is 16.4. The number of rotatable bonds is 4. The summed E-state index contributed by atoms with van der Waals surface area (Å²) in [5, 5.41) is 41.8. The fraction of sp³-hybridized carbons (Fsp3) is 0.958. The number of fused-ring (bicyclic) bond motifs is 5. The van der Waals surface area contributed by atoms with Gasteiger partial charge in [0.05, 0.1) is 18.3 Å². The molecule has 0 saturated heterocycles. The normalized spacial score (nSPS) is 52.9. The zero-order valence-corrected chi connectivity index (χ0v) is 18.3. The van der Waals surface area contributed by atoms with Crippen LogP contribution in [0.5, 0.6) is 0 Å². The maximum absolute atomic E-state index is 11.5. The Morgan fingerprint density at radius 3 is 2.31 bits per heavy atom. The molecule has 4 fully saturated rings. The van der Waals surface area contributed by atoms with Gasteiger partial charge in [-0.15, -0.1) is 0 Å². The summed E-state index contributed by atoms with van der Waals surface area (Å²) in [7, 11) is 0. The Morgan fingerprint density at radius 2 is 1.62 bits per heavy atom. The Balaban J connectivity index is 1.59. The first-order valence-corrected chi connectivity index (χ1v) is 11.9. The molecule has 11 atom stereocenters. The van der Waals surface area contributed by atoms with Crippen molar-refractivity contribution >= 4 is 5.97 Å². The first-order chi connectivity index (χ1) is 13.6. The molecule has 4 aliphatic carbocycles. The molecule has 0 aromatic carbocycles. The molecule has 4 saturated carbocycles. The number of carbonyl (C=O) groups is 1. The predicted octanol–water partition coefficient (Wildman–Crippen LogP) is 3.45. The van der Waals surface area contributed by atoms with Gasteiger partial charge in [0.15, 0.2) is 0 Å². The molecule has 0 spiro atoms. The van der Waals surface area contributed by atoms with Gasteiger partial charge in [0.1, 0.15) is 0 Å². The molecule has 4 N–H and O–H groups in total. The van der Waals surface area contributed by atoms with Crippen molar-refractivity contribution in [3.63, 3.8) is 0 Å². The first kappa shape index (κ1) is 21.6. The molecule has 5 nitrogen and oxygen atoms in total. The quantitative estimate of drug-likeness (QED) is 0.571. The molecule has 0 bridgehead atoms. The lowest BCUT2D eigenvalue weighted by atomic mass is 9.43. The fourth-order valence-corrected chi connectivity index (χ4v) is 8.78. The summed E-state index contributed by atoms with van der Waals surface area (Å²) in [4.78, 5) is 11.1. The molecule has 0 aromatic heterocycles. The number of aliphatic carboxylic acids is 1. The summed E-state index contributed by atoms with van der Waals surface area (Å²) in [6, 6.07) is 0. The number of aliphatic hydroxyl groups is 3. The lowest BCUT2D eigenvalue weighted by Crippen LogP contribution is -2.62. The van der Waals surface area contributed by atoms with Gasteiger partial charge in [-0.1, -0.05) is 20.8 Å². The van der Waals surface area contributed by atoms with E-state index in [0.717, 1.165) is 38.5 Å². The number of carboxylic acid groups (broad SMARTS) is 1. The molecule has 0 heterocycles. The van der Waals surface area contributed by atoms with Crippen LogP contribution in [0.1, 0.15) is 78.6 Å². The van der Waals surface area contributed by atoms with E-state index in [-0.39, 0.29) is 17.3 Å². The van der Waals surface area contributed by atoms with E-state index in [0.29, 0.717) is 48.3 Å². The molecule has 5 heteroatoms. The van der Waals surface area contributed by atoms with Crippen molar-refractivity contribution in [2.45, 2.75) is 96.9 Å². The van der Waals surface area contributed by atoms with Crippen molar-refractivity contribution in [1.82, 2.24) is 0 Å². The summed E-state index contributed by atoms with van der Waals surface area (Å²) in [6.45, 7) is 6.66. The molecule has 0 aromatic rings. The summed E-state index contributed by atoms with van der Waals surface area (Å²) in [6.07, 6.45) is 5.95. The van der Waals surface area contributed by atoms with E-state index in [1.165, 1.54) is 0 Å². The predicted molar refractivity (Wildman–Crippen MR) is 110 cm³/mol. The summed E-state index contributed by atoms with van der Waals surface area (Å²) < 4.78 is 0. The van der Waals surface area contributed by atoms with E-state index in [1.807, 2.05) is 0 Å². The van der Waals surface area contributed by atoms with Gasteiger partial charge in [-0.25, -0.2) is 0 Å². The van der Waals surface area contributed by atoms with Crippen LogP contribution in [0.25, 0.3) is 0 Å². The largest absolute Gasteiger partial charge is 0.481 e. The van der Waals surface area contributed by atoms with Crippen LogP contribution >= 0.6 is 0 Å². The van der Waals surface area contributed by atoms with Gasteiger partial charge in [0, 0.05) is 6.42 Å². The number of hydrogen-bond acceptors (Lipinski definition) is 4. The van der Waals surface area contributed by atoms with Crippen molar-refractivity contribution in [3.05, 3.63) is 0 Å². The van der Waals surface area contributed by atoms with Crippen LogP contribution in [-0.2, 0) is 4.79 Å². The third-order valence-corrected chi connectivity index (χ3v) is 10.4. The third kappa shape index (κ3) is 3.18. The van der Waals surface area contributed by atoms with Gasteiger partial charge < -0.3 is 20.4 Å². The Morgan fingerprint density at radius 1 is 0.931 bits per heavy atom. The second-order valence-electron chi connectivity index (χ2n) is 11.4. The van der Waals surface area contributed by atoms with Crippen LogP contribution < -0.4 is 0 Å². The fourth-order valence-electron chi connectivity index (χ4n) is 8.78. The second-order valence-corrected chi connectivity index (χ2v) is 11.4. The van der Waals surface area contributed by atoms with E-state index in [2.05, 4.69) is 20.8 Å². The number of aliphatic hydroxyl groups excluding tert-OH is 3. The molecule has 0 radical (unpaired) electrons. The van der Waals surface area contributed by atoms with Crippen LogP contribution in [-0.4, -0.2) is 44.7 Å². The standard InChI is InChI=1S/C24H40O5/c1-13(4-9-22(28)29)17-7-8-18-16-6-5-14-10-15(25)11-20(26)23(14,2)19(16)12-21(27)24(17,18)3/h13-21,25-27H,4-12H2,1-3H3,(H,28,29)/t13-,14-,15+,16+,17?,18+,19+,20?,21+,23+,24-/m1/s1. The molecular formula is C24H40O5. The van der Waals surface area contributed by atoms with Gasteiger partial charge in [-0.3, -0.25) is 4.79 Å². The van der Waals surface area contributed by atoms with Crippen LogP contribution in [0, 0.1) is 46.3 Å². The van der Waals surface area contributed by atoms with Crippen molar-refractivity contribution in [3.8, 4) is 0 Å². The smallest absolute Gasteiger partial charge is 0.303 e. The Kier molecular flexibility index (Phi) is 5.57. The van der Waals surface area contributed by atoms with Crippen molar-refractivity contribution < 1.29 is 25.2 Å². The van der Waals surface area contributed by atoms with E-state index in [9.17, 15) is 20.1 Å². The van der Waals surface area contributed by atoms with E-state index in [1.54, 1.807) is 0 Å². The monoisotopic (exact) mass is 408 g/mol. The van der Waals surface area contributed by atoms with Gasteiger partial charge >= 0.3 is 5.97 Å². The molecule has 0 amide bonds. The highest BCUT2D eigenvalue weighted by Gasteiger charge is 2.65. The van der Waals surface area contributed by atoms with E-state index in [4.69, 9.17) is 5.11 Å². The average molecular weight is 409 g/mol. The van der Waals surface area contributed by atoms with Crippen molar-refractivity contribution in [2.24, 2.45) is 46.3 Å². The van der Waals surface area contributed by atoms with Gasteiger partial charge in [-0.2, -0.15) is 0 Å². The SMILES string of the molecule is C[C@H](CCC(=O)O)C1CC[C@H]2[C@@H]3CC[C@@H]4C[C@H](O)CC(O)[C@]4(C)[C@H]3C[C@H](O)[C@]12C. The molecule has 0 aliphatic heterocycles. The average Bonchev–Trinajstić information content (AvgIpc) is 3.01. The minimum Gasteiger partial charge on any atom is -0.481 e. The van der Waals surface area contributed by atoms with Crippen LogP contribution in [0.4, 0.5) is 0 Å². The molecule has 4 rings (SSSR count). The second kappa shape index (κ2) is 7.49. The van der Waals surface area contributed by atoms with E-state index < -0.39 is 24.3 Å². The molecule has 2 unspecified atom stereocenters. The minimum atomic E-state index is -0.736. The molecule has 4 aliphatic rings. The highest BCUT2D eigenvalue weighted by Crippen LogP contribution is 2.68.